The molecule has 1 aromatic heterocycles. The molecule has 2 aromatic carbocycles. The molecule has 0 unspecified atom stereocenters. The fourth-order valence-electron chi connectivity index (χ4n) is 3.17. The molecule has 0 saturated carbocycles. The van der Waals surface area contributed by atoms with Crippen LogP contribution in [-0.4, -0.2) is 25.4 Å². The molecule has 1 amide bonds. The third-order valence-corrected chi connectivity index (χ3v) is 7.07. The SMILES string of the molecule is Cc1ccc(OCc2nc(CC(=O)NCc3ccccc3CS(=O)(=O)NC(C)C)cs2)cc1. The van der Waals surface area contributed by atoms with Gasteiger partial charge >= 0.3 is 0 Å². The second-order valence-corrected chi connectivity index (χ2v) is 10.8. The fourth-order valence-corrected chi connectivity index (χ4v) is 5.37. The molecule has 0 aliphatic carbocycles. The number of carbonyl (C=O) groups is 1. The van der Waals surface area contributed by atoms with E-state index in [1.165, 1.54) is 16.9 Å². The summed E-state index contributed by atoms with van der Waals surface area (Å²) in [6.45, 7) is 6.18. The van der Waals surface area contributed by atoms with Crippen molar-refractivity contribution in [3.63, 3.8) is 0 Å². The van der Waals surface area contributed by atoms with Gasteiger partial charge in [-0.15, -0.1) is 11.3 Å². The number of nitrogens with zero attached hydrogens (tertiary/aromatic N) is 1. The Bertz CT molecular complexity index is 1170. The van der Waals surface area contributed by atoms with Crippen LogP contribution in [0, 0.1) is 6.92 Å². The monoisotopic (exact) mass is 487 g/mol. The number of ether oxygens (including phenoxy) is 1. The first-order valence-electron chi connectivity index (χ1n) is 10.7. The fraction of sp³-hybridized carbons (Fsp3) is 0.333. The summed E-state index contributed by atoms with van der Waals surface area (Å²) in [5, 5.41) is 5.52. The zero-order valence-corrected chi connectivity index (χ0v) is 20.6. The van der Waals surface area contributed by atoms with Crippen LogP contribution in [0.1, 0.15) is 41.2 Å². The number of hydrogen-bond donors (Lipinski definition) is 2. The maximum Gasteiger partial charge on any atom is 0.226 e. The Morgan fingerprint density at radius 2 is 1.79 bits per heavy atom. The second-order valence-electron chi connectivity index (χ2n) is 8.09. The number of thiazole rings is 1. The highest BCUT2D eigenvalue weighted by Crippen LogP contribution is 2.17. The van der Waals surface area contributed by atoms with Crippen molar-refractivity contribution in [1.29, 1.82) is 0 Å². The van der Waals surface area contributed by atoms with Crippen molar-refractivity contribution < 1.29 is 17.9 Å². The predicted molar refractivity (Wildman–Crippen MR) is 131 cm³/mol. The molecule has 3 aromatic rings. The van der Waals surface area contributed by atoms with Gasteiger partial charge in [0.25, 0.3) is 0 Å². The van der Waals surface area contributed by atoms with E-state index in [4.69, 9.17) is 4.74 Å². The summed E-state index contributed by atoms with van der Waals surface area (Å²) in [5.74, 6) is 0.469. The van der Waals surface area contributed by atoms with Crippen LogP contribution in [0.15, 0.2) is 53.9 Å². The molecular weight excluding hydrogens is 458 g/mol. The summed E-state index contributed by atoms with van der Waals surface area (Å²) in [4.78, 5) is 16.9. The Morgan fingerprint density at radius 3 is 2.48 bits per heavy atom. The van der Waals surface area contributed by atoms with Crippen molar-refractivity contribution in [3.8, 4) is 5.75 Å². The lowest BCUT2D eigenvalue weighted by atomic mass is 10.1. The average Bonchev–Trinajstić information content (AvgIpc) is 3.18. The van der Waals surface area contributed by atoms with Gasteiger partial charge in [0.15, 0.2) is 0 Å². The summed E-state index contributed by atoms with van der Waals surface area (Å²) in [6, 6.07) is 14.8. The molecule has 0 saturated heterocycles. The lowest BCUT2D eigenvalue weighted by Crippen LogP contribution is -2.32. The first-order chi connectivity index (χ1) is 15.7. The summed E-state index contributed by atoms with van der Waals surface area (Å²) in [5.41, 5.74) is 3.28. The number of aromatic nitrogens is 1. The molecule has 0 aliphatic heterocycles. The number of rotatable bonds is 11. The van der Waals surface area contributed by atoms with E-state index in [0.29, 0.717) is 17.9 Å². The van der Waals surface area contributed by atoms with Gasteiger partial charge in [-0.25, -0.2) is 18.1 Å². The van der Waals surface area contributed by atoms with Gasteiger partial charge in [-0.1, -0.05) is 42.0 Å². The summed E-state index contributed by atoms with van der Waals surface area (Å²) in [6.07, 6.45) is 0.149. The number of aryl methyl sites for hydroxylation is 1. The number of amides is 1. The first kappa shape index (κ1) is 24.9. The van der Waals surface area contributed by atoms with E-state index in [1.807, 2.05) is 48.7 Å². The van der Waals surface area contributed by atoms with Crippen molar-refractivity contribution in [2.45, 2.75) is 52.1 Å². The minimum atomic E-state index is -3.45. The molecule has 0 radical (unpaired) electrons. The predicted octanol–water partition coefficient (Wildman–Crippen LogP) is 3.72. The van der Waals surface area contributed by atoms with Crippen LogP contribution in [0.3, 0.4) is 0 Å². The van der Waals surface area contributed by atoms with Crippen LogP contribution in [0.25, 0.3) is 0 Å². The van der Waals surface area contributed by atoms with Crippen molar-refractivity contribution in [2.24, 2.45) is 0 Å². The number of nitrogens with one attached hydrogen (secondary N) is 2. The summed E-state index contributed by atoms with van der Waals surface area (Å²) < 4.78 is 32.9. The highest BCUT2D eigenvalue weighted by molar-refractivity contribution is 7.88. The molecule has 7 nitrogen and oxygen atoms in total. The van der Waals surface area contributed by atoms with Gasteiger partial charge in [0.05, 0.1) is 17.9 Å². The van der Waals surface area contributed by atoms with E-state index in [9.17, 15) is 13.2 Å². The number of carbonyl (C=O) groups excluding carboxylic acids is 1. The topological polar surface area (TPSA) is 97.4 Å². The highest BCUT2D eigenvalue weighted by atomic mass is 32.2. The molecule has 0 fully saturated rings. The van der Waals surface area contributed by atoms with Gasteiger partial charge in [0.1, 0.15) is 17.4 Å². The zero-order valence-electron chi connectivity index (χ0n) is 19.0. The van der Waals surface area contributed by atoms with Crippen molar-refractivity contribution in [2.75, 3.05) is 0 Å². The van der Waals surface area contributed by atoms with E-state index in [0.717, 1.165) is 16.3 Å². The summed E-state index contributed by atoms with van der Waals surface area (Å²) >= 11 is 1.45. The normalized spacial score (nSPS) is 11.5. The molecule has 176 valence electrons. The van der Waals surface area contributed by atoms with Gasteiger partial charge in [-0.05, 0) is 44.0 Å². The molecule has 33 heavy (non-hydrogen) atoms. The lowest BCUT2D eigenvalue weighted by Gasteiger charge is -2.13. The standard InChI is InChI=1S/C24H29N3O4S2/c1-17(2)27-33(29,30)16-20-7-5-4-6-19(20)13-25-23(28)12-21-15-32-24(26-21)14-31-22-10-8-18(3)9-11-22/h4-11,15,17,27H,12-14,16H2,1-3H3,(H,25,28). The Morgan fingerprint density at radius 1 is 1.09 bits per heavy atom. The lowest BCUT2D eigenvalue weighted by molar-refractivity contribution is -0.120. The molecule has 0 atom stereocenters. The maximum absolute atomic E-state index is 12.4. The van der Waals surface area contributed by atoms with Crippen LogP contribution in [0.5, 0.6) is 5.75 Å². The van der Waals surface area contributed by atoms with E-state index in [2.05, 4.69) is 15.0 Å². The van der Waals surface area contributed by atoms with Gasteiger partial charge in [-0.2, -0.15) is 0 Å². The quantitative estimate of drug-likeness (QED) is 0.430. The van der Waals surface area contributed by atoms with Crippen LogP contribution < -0.4 is 14.8 Å². The number of benzene rings is 2. The minimum Gasteiger partial charge on any atom is -0.486 e. The largest absolute Gasteiger partial charge is 0.486 e. The van der Waals surface area contributed by atoms with Crippen molar-refractivity contribution >= 4 is 27.3 Å². The average molecular weight is 488 g/mol. The molecule has 1 heterocycles. The van der Waals surface area contributed by atoms with Crippen LogP contribution >= 0.6 is 11.3 Å². The van der Waals surface area contributed by atoms with E-state index >= 15 is 0 Å². The summed E-state index contributed by atoms with van der Waals surface area (Å²) in [7, 11) is -3.45. The van der Waals surface area contributed by atoms with Gasteiger partial charge in [-0.3, -0.25) is 4.79 Å². The Hall–Kier alpha value is -2.75. The van der Waals surface area contributed by atoms with Gasteiger partial charge < -0.3 is 10.1 Å². The second kappa shape index (κ2) is 11.4. The molecular formula is C24H29N3O4S2. The number of hydrogen-bond acceptors (Lipinski definition) is 6. The highest BCUT2D eigenvalue weighted by Gasteiger charge is 2.16. The van der Waals surface area contributed by atoms with Crippen LogP contribution in [0.4, 0.5) is 0 Å². The number of sulfonamides is 1. The molecule has 0 bridgehead atoms. The molecule has 0 spiro atoms. The zero-order chi connectivity index (χ0) is 23.8. The van der Waals surface area contributed by atoms with Crippen LogP contribution in [-0.2, 0) is 40.1 Å². The van der Waals surface area contributed by atoms with Gasteiger partial charge in [0, 0.05) is 18.0 Å². The first-order valence-corrected chi connectivity index (χ1v) is 13.2. The Balaban J connectivity index is 1.51. The van der Waals surface area contributed by atoms with E-state index < -0.39 is 10.0 Å². The minimum absolute atomic E-state index is 0.131. The Kier molecular flexibility index (Phi) is 8.60. The van der Waals surface area contributed by atoms with E-state index in [-0.39, 0.29) is 30.7 Å². The smallest absolute Gasteiger partial charge is 0.226 e. The van der Waals surface area contributed by atoms with Gasteiger partial charge in [0.2, 0.25) is 15.9 Å². The van der Waals surface area contributed by atoms with Crippen molar-refractivity contribution in [1.82, 2.24) is 15.0 Å². The van der Waals surface area contributed by atoms with Crippen LogP contribution in [0.2, 0.25) is 0 Å². The molecule has 2 N–H and O–H groups in total. The van der Waals surface area contributed by atoms with E-state index in [1.54, 1.807) is 26.0 Å². The third-order valence-electron chi connectivity index (χ3n) is 4.68. The molecule has 0 aliphatic rings. The third kappa shape index (κ3) is 8.27. The molecule has 9 heteroatoms. The van der Waals surface area contributed by atoms with Crippen molar-refractivity contribution in [3.05, 3.63) is 81.3 Å². The Labute approximate surface area is 199 Å². The maximum atomic E-state index is 12.4. The molecule has 3 rings (SSSR count).